The fraction of sp³-hybridized carbons (Fsp3) is 0.588. The molecule has 1 amide bonds. The van der Waals surface area contributed by atoms with Crippen LogP contribution in [0.5, 0.6) is 5.75 Å². The molecule has 1 heterocycles. The molecular formula is C17H23ClN2O4S. The smallest absolute Gasteiger partial charge is 0.261 e. The minimum Gasteiger partial charge on any atom is -0.478 e. The first kappa shape index (κ1) is 18.3. The van der Waals surface area contributed by atoms with Crippen molar-refractivity contribution >= 4 is 33.2 Å². The van der Waals surface area contributed by atoms with E-state index in [2.05, 4.69) is 5.32 Å². The number of ether oxygens (including phenoxy) is 1. The highest BCUT2D eigenvalue weighted by Gasteiger charge is 2.32. The number of anilines is 1. The van der Waals surface area contributed by atoms with Crippen LogP contribution in [-0.4, -0.2) is 39.3 Å². The number of nitrogens with one attached hydrogen (secondary N) is 1. The topological polar surface area (TPSA) is 75.7 Å². The number of hydrogen-bond acceptors (Lipinski definition) is 4. The molecule has 1 aliphatic heterocycles. The second-order valence-electron chi connectivity index (χ2n) is 6.69. The molecule has 1 aromatic carbocycles. The van der Waals surface area contributed by atoms with Gasteiger partial charge in [0.2, 0.25) is 10.0 Å². The highest BCUT2D eigenvalue weighted by molar-refractivity contribution is 7.92. The highest BCUT2D eigenvalue weighted by Crippen LogP contribution is 2.36. The Labute approximate surface area is 153 Å². The Morgan fingerprint density at radius 1 is 1.24 bits per heavy atom. The van der Waals surface area contributed by atoms with Gasteiger partial charge < -0.3 is 10.1 Å². The summed E-state index contributed by atoms with van der Waals surface area (Å²) in [5.74, 6) is 0.180. The van der Waals surface area contributed by atoms with E-state index in [0.717, 1.165) is 31.9 Å². The Balaban J connectivity index is 1.81. The Bertz CT molecular complexity index is 747. The third kappa shape index (κ3) is 4.39. The fourth-order valence-electron chi connectivity index (χ4n) is 3.42. The summed E-state index contributed by atoms with van der Waals surface area (Å²) < 4.78 is 31.4. The number of fused-ring (bicyclic) bond motifs is 1. The molecule has 0 unspecified atom stereocenters. The second-order valence-corrected chi connectivity index (χ2v) is 9.03. The van der Waals surface area contributed by atoms with E-state index in [1.807, 2.05) is 0 Å². The lowest BCUT2D eigenvalue weighted by atomic mass is 9.95. The first-order valence-electron chi connectivity index (χ1n) is 8.59. The number of halogens is 1. The van der Waals surface area contributed by atoms with Crippen LogP contribution in [0.2, 0.25) is 5.02 Å². The molecule has 25 heavy (non-hydrogen) atoms. The van der Waals surface area contributed by atoms with Crippen LogP contribution in [0.15, 0.2) is 18.2 Å². The van der Waals surface area contributed by atoms with Crippen molar-refractivity contribution in [2.24, 2.45) is 0 Å². The quantitative estimate of drug-likeness (QED) is 0.866. The summed E-state index contributed by atoms with van der Waals surface area (Å²) in [5.41, 5.74) is 0.378. The normalized spacial score (nSPS) is 21.8. The van der Waals surface area contributed by atoms with E-state index in [9.17, 15) is 13.2 Å². The number of carbonyl (C=O) groups is 1. The lowest BCUT2D eigenvalue weighted by molar-refractivity contribution is -0.129. The SMILES string of the molecule is CS(=O)(=O)N1CC[C@@H](C(=O)NC2CCCCC2)Oc2ccc(Cl)cc21. The van der Waals surface area contributed by atoms with E-state index in [0.29, 0.717) is 16.5 Å². The summed E-state index contributed by atoms with van der Waals surface area (Å²) in [5, 5.41) is 3.47. The molecule has 138 valence electrons. The van der Waals surface area contributed by atoms with Gasteiger partial charge in [-0.25, -0.2) is 8.42 Å². The molecule has 1 aliphatic carbocycles. The number of rotatable bonds is 3. The average Bonchev–Trinajstić information content (AvgIpc) is 2.74. The van der Waals surface area contributed by atoms with E-state index in [1.54, 1.807) is 18.2 Å². The predicted octanol–water partition coefficient (Wildman–Crippen LogP) is 2.71. The fourth-order valence-corrected chi connectivity index (χ4v) is 4.53. The molecule has 3 rings (SSSR count). The van der Waals surface area contributed by atoms with Gasteiger partial charge in [0.15, 0.2) is 6.10 Å². The molecule has 0 radical (unpaired) electrons. The average molecular weight is 387 g/mol. The van der Waals surface area contributed by atoms with Crippen LogP contribution in [0.1, 0.15) is 38.5 Å². The number of benzene rings is 1. The summed E-state index contributed by atoms with van der Waals surface area (Å²) in [6.07, 6.45) is 6.15. The van der Waals surface area contributed by atoms with Crippen LogP contribution < -0.4 is 14.4 Å². The Morgan fingerprint density at radius 3 is 2.64 bits per heavy atom. The first-order chi connectivity index (χ1) is 11.8. The zero-order valence-electron chi connectivity index (χ0n) is 14.2. The van der Waals surface area contributed by atoms with Crippen LogP contribution in [0.4, 0.5) is 5.69 Å². The van der Waals surface area contributed by atoms with Gasteiger partial charge in [-0.15, -0.1) is 0 Å². The summed E-state index contributed by atoms with van der Waals surface area (Å²) in [6, 6.07) is 4.98. The summed E-state index contributed by atoms with van der Waals surface area (Å²) in [6.45, 7) is 0.176. The molecule has 1 aromatic rings. The maximum absolute atomic E-state index is 12.6. The van der Waals surface area contributed by atoms with Crippen molar-refractivity contribution in [3.8, 4) is 5.75 Å². The molecule has 2 aliphatic rings. The van der Waals surface area contributed by atoms with Crippen molar-refractivity contribution in [1.82, 2.24) is 5.32 Å². The van der Waals surface area contributed by atoms with Crippen molar-refractivity contribution in [3.63, 3.8) is 0 Å². The van der Waals surface area contributed by atoms with Gasteiger partial charge >= 0.3 is 0 Å². The molecule has 6 nitrogen and oxygen atoms in total. The molecule has 0 bridgehead atoms. The van der Waals surface area contributed by atoms with Gasteiger partial charge in [-0.3, -0.25) is 9.10 Å². The molecule has 1 N–H and O–H groups in total. The predicted molar refractivity (Wildman–Crippen MR) is 97.7 cm³/mol. The van der Waals surface area contributed by atoms with Crippen molar-refractivity contribution in [2.45, 2.75) is 50.7 Å². The van der Waals surface area contributed by atoms with Crippen molar-refractivity contribution in [2.75, 3.05) is 17.1 Å². The molecule has 0 aromatic heterocycles. The summed E-state index contributed by atoms with van der Waals surface area (Å²) >= 11 is 6.02. The lowest BCUT2D eigenvalue weighted by Gasteiger charge is -2.25. The number of nitrogens with zero attached hydrogens (tertiary/aromatic N) is 1. The van der Waals surface area contributed by atoms with Gasteiger partial charge in [0, 0.05) is 24.0 Å². The summed E-state index contributed by atoms with van der Waals surface area (Å²) in [7, 11) is -3.49. The van der Waals surface area contributed by atoms with Crippen molar-refractivity contribution < 1.29 is 17.9 Å². The van der Waals surface area contributed by atoms with Gasteiger partial charge in [-0.2, -0.15) is 0 Å². The largest absolute Gasteiger partial charge is 0.478 e. The molecule has 1 saturated carbocycles. The van der Waals surface area contributed by atoms with Crippen molar-refractivity contribution in [3.05, 3.63) is 23.2 Å². The van der Waals surface area contributed by atoms with Crippen LogP contribution in [0, 0.1) is 0 Å². The zero-order valence-corrected chi connectivity index (χ0v) is 15.8. The van der Waals surface area contributed by atoms with Crippen LogP contribution in [0.3, 0.4) is 0 Å². The minimum absolute atomic E-state index is 0.176. The van der Waals surface area contributed by atoms with E-state index in [-0.39, 0.29) is 24.9 Å². The van der Waals surface area contributed by atoms with E-state index < -0.39 is 16.1 Å². The third-order valence-corrected chi connectivity index (χ3v) is 6.11. The lowest BCUT2D eigenvalue weighted by Crippen LogP contribution is -2.45. The monoisotopic (exact) mass is 386 g/mol. The Morgan fingerprint density at radius 2 is 1.96 bits per heavy atom. The molecule has 1 atom stereocenters. The van der Waals surface area contributed by atoms with Crippen LogP contribution >= 0.6 is 11.6 Å². The van der Waals surface area contributed by atoms with Gasteiger partial charge in [0.1, 0.15) is 5.75 Å². The molecule has 8 heteroatoms. The maximum Gasteiger partial charge on any atom is 0.261 e. The number of hydrogen-bond donors (Lipinski definition) is 1. The number of amides is 1. The number of sulfonamides is 1. The van der Waals surface area contributed by atoms with Crippen molar-refractivity contribution in [1.29, 1.82) is 0 Å². The minimum atomic E-state index is -3.49. The zero-order chi connectivity index (χ0) is 18.0. The summed E-state index contributed by atoms with van der Waals surface area (Å²) in [4.78, 5) is 12.6. The van der Waals surface area contributed by atoms with Gasteiger partial charge in [-0.1, -0.05) is 30.9 Å². The molecular weight excluding hydrogens is 364 g/mol. The Hall–Kier alpha value is -1.47. The van der Waals surface area contributed by atoms with Gasteiger partial charge in [-0.05, 0) is 31.0 Å². The standard InChI is InChI=1S/C17H23ClN2O4S/c1-25(22,23)20-10-9-16(17(21)19-13-5-3-2-4-6-13)24-15-8-7-12(18)11-14(15)20/h7-8,11,13,16H,2-6,9-10H2,1H3,(H,19,21)/t16-/m0/s1. The van der Waals surface area contributed by atoms with E-state index >= 15 is 0 Å². The second kappa shape index (κ2) is 7.41. The first-order valence-corrected chi connectivity index (χ1v) is 10.8. The molecule has 1 fully saturated rings. The van der Waals surface area contributed by atoms with E-state index in [4.69, 9.17) is 16.3 Å². The third-order valence-electron chi connectivity index (χ3n) is 4.70. The van der Waals surface area contributed by atoms with Gasteiger partial charge in [0.05, 0.1) is 11.9 Å². The molecule has 0 saturated heterocycles. The van der Waals surface area contributed by atoms with E-state index in [1.165, 1.54) is 10.7 Å². The maximum atomic E-state index is 12.6. The Kier molecular flexibility index (Phi) is 5.43. The highest BCUT2D eigenvalue weighted by atomic mass is 35.5. The van der Waals surface area contributed by atoms with Gasteiger partial charge in [0.25, 0.3) is 5.91 Å². The van der Waals surface area contributed by atoms with Crippen LogP contribution in [0.25, 0.3) is 0 Å². The number of carbonyl (C=O) groups excluding carboxylic acids is 1. The van der Waals surface area contributed by atoms with Crippen LogP contribution in [-0.2, 0) is 14.8 Å². The molecule has 0 spiro atoms.